The molecule has 0 saturated carbocycles. The van der Waals surface area contributed by atoms with E-state index in [1.165, 1.54) is 0 Å². The van der Waals surface area contributed by atoms with Gasteiger partial charge in [0.2, 0.25) is 59.1 Å². The molecular weight excluding hydrogens is 1020 g/mol. The number of hydrogen-bond acceptors (Lipinski definition) is 18. The number of unbranched alkanes of at least 4 members (excludes halogenated alkanes) is 1. The Kier molecular flexibility index (Phi) is 29.0. The molecule has 0 bridgehead atoms. The summed E-state index contributed by atoms with van der Waals surface area (Å²) in [6, 6.07) is -14.6. The Morgan fingerprint density at radius 2 is 1.17 bits per heavy atom. The molecule has 426 valence electrons. The van der Waals surface area contributed by atoms with Crippen molar-refractivity contribution in [3.8, 4) is 0 Å². The van der Waals surface area contributed by atoms with Crippen LogP contribution in [0.25, 0.3) is 0 Å². The van der Waals surface area contributed by atoms with Gasteiger partial charge in [0.05, 0.1) is 38.5 Å². The SMILES string of the molecule is C[C@H](NC(=O)[C@H](CCCN=C(N)N)NC(=O)CNC(=O)[C@H](CC(N)=O)NC(=O)[C@@H]1CCCN1C(=O)[C@H](CCC(=O)O)NC(=O)[C@H](CC(=O)O)NC(=O)[C@@H](N)CCCCN)C(=O)N[C@@H](CO)C(=O)N[C@@H](CC(=O)O)C(=O)O. The van der Waals surface area contributed by atoms with Crippen LogP contribution in [-0.4, -0.2) is 207 Å². The number of aliphatic carboxylic acids is 4. The number of aliphatic hydroxyl groups excluding tert-OH is 1. The van der Waals surface area contributed by atoms with Crippen LogP contribution >= 0.6 is 0 Å². The largest absolute Gasteiger partial charge is 0.481 e. The van der Waals surface area contributed by atoms with Gasteiger partial charge >= 0.3 is 23.9 Å². The van der Waals surface area contributed by atoms with Crippen LogP contribution < -0.4 is 71.2 Å². The Morgan fingerprint density at radius 3 is 1.74 bits per heavy atom. The summed E-state index contributed by atoms with van der Waals surface area (Å²) in [5, 5.41) is 64.2. The molecule has 1 heterocycles. The molecule has 9 atom stereocenters. The highest BCUT2D eigenvalue weighted by Crippen LogP contribution is 2.20. The fourth-order valence-electron chi connectivity index (χ4n) is 7.11. The van der Waals surface area contributed by atoms with Crippen molar-refractivity contribution in [1.29, 1.82) is 0 Å². The van der Waals surface area contributed by atoms with Crippen molar-refractivity contribution in [2.24, 2.45) is 33.7 Å². The summed E-state index contributed by atoms with van der Waals surface area (Å²) in [7, 11) is 0. The number of likely N-dealkylation sites (tertiary alicyclic amines) is 1. The van der Waals surface area contributed by atoms with E-state index in [1.807, 2.05) is 5.32 Å². The first-order chi connectivity index (χ1) is 35.6. The fourth-order valence-corrected chi connectivity index (χ4v) is 7.11. The maximum Gasteiger partial charge on any atom is 0.326 e. The zero-order chi connectivity index (χ0) is 57.8. The van der Waals surface area contributed by atoms with Crippen LogP contribution in [0.15, 0.2) is 4.99 Å². The third kappa shape index (κ3) is 24.6. The van der Waals surface area contributed by atoms with E-state index in [1.54, 1.807) is 0 Å². The van der Waals surface area contributed by atoms with E-state index in [2.05, 4.69) is 42.2 Å². The molecule has 1 saturated heterocycles. The molecule has 0 spiro atoms. The lowest BCUT2D eigenvalue weighted by Crippen LogP contribution is -2.59. The van der Waals surface area contributed by atoms with Crippen molar-refractivity contribution in [1.82, 2.24) is 47.4 Å². The number of carboxylic acids is 4. The summed E-state index contributed by atoms with van der Waals surface area (Å²) in [5.74, 6) is -17.4. The average molecular weight is 1090 g/mol. The lowest BCUT2D eigenvalue weighted by molar-refractivity contribution is -0.147. The van der Waals surface area contributed by atoms with Crippen LogP contribution in [0.3, 0.4) is 0 Å². The number of aliphatic hydroxyl groups is 1. The minimum Gasteiger partial charge on any atom is -0.481 e. The van der Waals surface area contributed by atoms with E-state index in [0.717, 1.165) is 11.8 Å². The smallest absolute Gasteiger partial charge is 0.326 e. The normalized spacial score (nSPS) is 15.9. The number of primary amides is 1. The van der Waals surface area contributed by atoms with Gasteiger partial charge in [0.15, 0.2) is 5.96 Å². The molecule has 1 aliphatic heterocycles. The third-order valence-electron chi connectivity index (χ3n) is 11.0. The number of nitrogens with two attached hydrogens (primary N) is 5. The molecule has 34 nitrogen and oxygen atoms in total. The van der Waals surface area contributed by atoms with Crippen molar-refractivity contribution >= 4 is 88.9 Å². The number of aliphatic imine (C=N–C) groups is 1. The number of carbonyl (C=O) groups is 14. The summed E-state index contributed by atoms with van der Waals surface area (Å²) in [5.41, 5.74) is 27.4. The van der Waals surface area contributed by atoms with Gasteiger partial charge in [0.25, 0.3) is 0 Å². The minimum absolute atomic E-state index is 0.0338. The molecule has 0 aromatic carbocycles. The molecule has 0 radical (unpaired) electrons. The second-order valence-electron chi connectivity index (χ2n) is 17.2. The number of carbonyl (C=O) groups excluding carboxylic acids is 10. The van der Waals surface area contributed by atoms with E-state index in [0.29, 0.717) is 19.4 Å². The highest BCUT2D eigenvalue weighted by molar-refractivity contribution is 5.99. The zero-order valence-corrected chi connectivity index (χ0v) is 41.4. The van der Waals surface area contributed by atoms with Crippen LogP contribution in [0.2, 0.25) is 0 Å². The van der Waals surface area contributed by atoms with Gasteiger partial charge in [-0.2, -0.15) is 0 Å². The Balaban J connectivity index is 3.21. The summed E-state index contributed by atoms with van der Waals surface area (Å²) in [6.45, 7) is -0.786. The zero-order valence-electron chi connectivity index (χ0n) is 41.4. The van der Waals surface area contributed by atoms with Crippen molar-refractivity contribution < 1.29 is 92.7 Å². The number of guanidine groups is 1. The van der Waals surface area contributed by atoms with Crippen molar-refractivity contribution in [3.05, 3.63) is 0 Å². The van der Waals surface area contributed by atoms with Crippen LogP contribution in [0.4, 0.5) is 0 Å². The van der Waals surface area contributed by atoms with Crippen molar-refractivity contribution in [2.75, 3.05) is 32.8 Å². The lowest BCUT2D eigenvalue weighted by Gasteiger charge is -2.30. The molecule has 0 aromatic rings. The lowest BCUT2D eigenvalue weighted by atomic mass is 10.1. The summed E-state index contributed by atoms with van der Waals surface area (Å²) in [6.07, 6.45) is -3.12. The molecule has 76 heavy (non-hydrogen) atoms. The average Bonchev–Trinajstić information content (AvgIpc) is 3.83. The van der Waals surface area contributed by atoms with E-state index in [-0.39, 0.29) is 51.2 Å². The number of nitrogens with zero attached hydrogens (tertiary/aromatic N) is 2. The van der Waals surface area contributed by atoms with Crippen LogP contribution in [0.5, 0.6) is 0 Å². The first-order valence-electron chi connectivity index (χ1n) is 23.6. The number of rotatable bonds is 36. The first-order valence-corrected chi connectivity index (χ1v) is 23.6. The first kappa shape index (κ1) is 65.7. The number of hydrogen-bond donors (Lipinski definition) is 18. The quantitative estimate of drug-likeness (QED) is 0.0157. The standard InChI is InChI=1S/C42H69N15O19/c1-19(33(67)56-26(18-58)38(72)55-25(41(75)76)16-32(65)66)50-36(70)21(7-4-12-48-42(46)47)51-29(60)17-49-35(69)23(14-28(45)59)54-39(73)27-8-5-13-57(27)40(74)22(9-10-30(61)62)52-37(71)24(15-31(63)64)53-34(68)20(44)6-2-3-11-43/h19-27,58H,2-18,43-44H2,1H3,(H2,45,59)(H,49,69)(H,50,70)(H,51,60)(H,52,71)(H,53,68)(H,54,73)(H,55,72)(H,56,67)(H,61,62)(H,63,64)(H,65,66)(H,75,76)(H4,46,47,48)/t19-,20-,21-,22-,23-,24-,25-,26-,27-/m0/s1. The molecule has 0 aliphatic carbocycles. The van der Waals surface area contributed by atoms with E-state index < -0.39 is 183 Å². The Bertz CT molecular complexity index is 2160. The third-order valence-corrected chi connectivity index (χ3v) is 11.0. The van der Waals surface area contributed by atoms with Crippen molar-refractivity contribution in [3.63, 3.8) is 0 Å². The number of nitrogens with one attached hydrogen (secondary N) is 8. The second kappa shape index (κ2) is 33.5. The second-order valence-corrected chi connectivity index (χ2v) is 17.2. The highest BCUT2D eigenvalue weighted by atomic mass is 16.4. The predicted molar refractivity (Wildman–Crippen MR) is 258 cm³/mol. The highest BCUT2D eigenvalue weighted by Gasteiger charge is 2.40. The monoisotopic (exact) mass is 1090 g/mol. The van der Waals surface area contributed by atoms with Gasteiger partial charge in [-0.05, 0) is 58.4 Å². The van der Waals surface area contributed by atoms with Gasteiger partial charge in [-0.3, -0.25) is 67.3 Å². The minimum atomic E-state index is -1.93. The molecule has 1 fully saturated rings. The number of carboxylic acid groups (broad SMARTS) is 4. The van der Waals surface area contributed by atoms with Gasteiger partial charge in [-0.25, -0.2) is 4.79 Å². The summed E-state index contributed by atoms with van der Waals surface area (Å²) >= 11 is 0. The molecule has 1 aliphatic rings. The Labute approximate surface area is 433 Å². The van der Waals surface area contributed by atoms with Crippen molar-refractivity contribution in [2.45, 2.75) is 138 Å². The number of amides is 10. The fraction of sp³-hybridized carbons (Fsp3) is 0.643. The van der Waals surface area contributed by atoms with E-state index >= 15 is 0 Å². The van der Waals surface area contributed by atoms with E-state index in [4.69, 9.17) is 33.8 Å². The van der Waals surface area contributed by atoms with Gasteiger partial charge < -0.3 is 102 Å². The predicted octanol–water partition coefficient (Wildman–Crippen LogP) is -9.22. The Morgan fingerprint density at radius 1 is 0.605 bits per heavy atom. The van der Waals surface area contributed by atoms with Gasteiger partial charge in [-0.1, -0.05) is 6.42 Å². The van der Waals surface area contributed by atoms with Gasteiger partial charge in [0, 0.05) is 19.5 Å². The maximum atomic E-state index is 14.0. The molecule has 23 N–H and O–H groups in total. The maximum absolute atomic E-state index is 14.0. The van der Waals surface area contributed by atoms with Gasteiger partial charge in [-0.15, -0.1) is 0 Å². The molecular formula is C42H69N15O19. The van der Waals surface area contributed by atoms with E-state index in [9.17, 15) is 87.5 Å². The molecule has 0 aromatic heterocycles. The Hall–Kier alpha value is -8.27. The molecule has 10 amide bonds. The molecule has 1 rings (SSSR count). The summed E-state index contributed by atoms with van der Waals surface area (Å²) in [4.78, 5) is 182. The molecule has 34 heteroatoms. The van der Waals surface area contributed by atoms with Gasteiger partial charge in [0.1, 0.15) is 48.3 Å². The van der Waals surface area contributed by atoms with Crippen LogP contribution in [0, 0.1) is 0 Å². The van der Waals surface area contributed by atoms with Crippen LogP contribution in [-0.2, 0) is 67.1 Å². The van der Waals surface area contributed by atoms with Crippen LogP contribution in [0.1, 0.15) is 84.0 Å². The topological polar surface area (TPSA) is 582 Å². The summed E-state index contributed by atoms with van der Waals surface area (Å²) < 4.78 is 0. The molecule has 0 unspecified atom stereocenters.